The van der Waals surface area contributed by atoms with Gasteiger partial charge in [0.05, 0.1) is 16.7 Å². The Bertz CT molecular complexity index is 1610. The average molecular weight is 694 g/mol. The zero-order valence-electron chi connectivity index (χ0n) is 25.7. The third kappa shape index (κ3) is 7.18. The Morgan fingerprint density at radius 1 is 0.833 bits per heavy atom. The van der Waals surface area contributed by atoms with Gasteiger partial charge in [-0.3, -0.25) is 9.59 Å². The van der Waals surface area contributed by atoms with Crippen molar-refractivity contribution in [2.75, 3.05) is 26.2 Å². The second kappa shape index (κ2) is 13.1. The molecule has 7 nitrogen and oxygen atoms in total. The van der Waals surface area contributed by atoms with Crippen molar-refractivity contribution in [3.63, 3.8) is 0 Å². The first-order chi connectivity index (χ1) is 22.7. The number of amides is 3. The lowest BCUT2D eigenvalue weighted by Crippen LogP contribution is -2.60. The Morgan fingerprint density at radius 3 is 2.06 bits per heavy atom. The third-order valence-electron chi connectivity index (χ3n) is 9.62. The first kappa shape index (κ1) is 33.8. The predicted octanol–water partition coefficient (Wildman–Crippen LogP) is 7.52. The number of nitrogens with zero attached hydrogens (tertiary/aromatic N) is 3. The number of likely N-dealkylation sites (tertiary alicyclic amines) is 2. The van der Waals surface area contributed by atoms with E-state index in [0.29, 0.717) is 56.6 Å². The number of halogens is 6. The van der Waals surface area contributed by atoms with E-state index in [2.05, 4.69) is 0 Å². The Hall–Kier alpha value is -4.07. The number of rotatable bonds is 5. The summed E-state index contributed by atoms with van der Waals surface area (Å²) in [5.41, 5.74) is -3.05. The molecule has 4 heterocycles. The normalized spacial score (nSPS) is 21.7. The van der Waals surface area contributed by atoms with Crippen molar-refractivity contribution in [2.45, 2.75) is 68.6 Å². The van der Waals surface area contributed by atoms with E-state index in [1.807, 2.05) is 17.5 Å². The van der Waals surface area contributed by atoms with Gasteiger partial charge in [0.25, 0.3) is 11.8 Å². The molecule has 0 N–H and O–H groups in total. The largest absolute Gasteiger partial charge is 0.443 e. The Labute approximate surface area is 277 Å². The predicted molar refractivity (Wildman–Crippen MR) is 164 cm³/mol. The van der Waals surface area contributed by atoms with Gasteiger partial charge in [-0.25, -0.2) is 4.79 Å². The molecule has 48 heavy (non-hydrogen) atoms. The number of thiophene rings is 1. The zero-order valence-corrected chi connectivity index (χ0v) is 26.5. The fourth-order valence-electron chi connectivity index (χ4n) is 6.98. The number of hydrogen-bond acceptors (Lipinski definition) is 5. The van der Waals surface area contributed by atoms with E-state index in [-0.39, 0.29) is 43.8 Å². The van der Waals surface area contributed by atoms with Crippen LogP contribution in [0, 0.1) is 0 Å². The van der Waals surface area contributed by atoms with Crippen LogP contribution in [0.1, 0.15) is 69.5 Å². The number of ether oxygens (including phenoxy) is 1. The fourth-order valence-corrected chi connectivity index (χ4v) is 7.61. The van der Waals surface area contributed by atoms with E-state index >= 15 is 0 Å². The molecule has 3 aliphatic heterocycles. The SMILES string of the molecule is O=C(c1ccsc1)N1CCC2(CC1)CCN(C1CCN(C(=O)c3cc(C(F)(F)F)cc(C(F)(F)F)c3)[C@H](Cc3ccccc3)C1)C(=O)O2. The van der Waals surface area contributed by atoms with Crippen LogP contribution < -0.4 is 0 Å². The van der Waals surface area contributed by atoms with Gasteiger partial charge >= 0.3 is 18.4 Å². The number of carbonyl (C=O) groups excluding carboxylic acids is 3. The van der Waals surface area contributed by atoms with Crippen LogP contribution in [0.3, 0.4) is 0 Å². The van der Waals surface area contributed by atoms with E-state index < -0.39 is 52.7 Å². The maximum Gasteiger partial charge on any atom is 0.416 e. The van der Waals surface area contributed by atoms with E-state index in [0.717, 1.165) is 5.56 Å². The molecular formula is C34H33F6N3O4S. The summed E-state index contributed by atoms with van der Waals surface area (Å²) < 4.78 is 87.6. The maximum atomic E-state index is 13.7. The molecule has 1 spiro atoms. The molecule has 0 saturated carbocycles. The highest BCUT2D eigenvalue weighted by Crippen LogP contribution is 2.39. The quantitative estimate of drug-likeness (QED) is 0.260. The number of piperidine rings is 2. The van der Waals surface area contributed by atoms with Crippen molar-refractivity contribution in [3.8, 4) is 0 Å². The van der Waals surface area contributed by atoms with Gasteiger partial charge in [-0.05, 0) is 54.5 Å². The van der Waals surface area contributed by atoms with Crippen LogP contribution in [-0.4, -0.2) is 76.5 Å². The second-order valence-corrected chi connectivity index (χ2v) is 13.4. The van der Waals surface area contributed by atoms with Gasteiger partial charge in [-0.1, -0.05) is 30.3 Å². The molecule has 0 aliphatic carbocycles. The monoisotopic (exact) mass is 693 g/mol. The van der Waals surface area contributed by atoms with Crippen LogP contribution in [0.4, 0.5) is 31.1 Å². The highest BCUT2D eigenvalue weighted by atomic mass is 32.1. The van der Waals surface area contributed by atoms with Gasteiger partial charge in [0, 0.05) is 68.5 Å². The van der Waals surface area contributed by atoms with Crippen LogP contribution in [0.15, 0.2) is 65.4 Å². The van der Waals surface area contributed by atoms with Crippen molar-refractivity contribution in [1.29, 1.82) is 0 Å². The van der Waals surface area contributed by atoms with Crippen molar-refractivity contribution in [3.05, 3.63) is 93.2 Å². The van der Waals surface area contributed by atoms with Crippen LogP contribution in [0.5, 0.6) is 0 Å². The standard InChI is InChI=1S/C34H33F6N3O4S/c35-33(36,37)25-17-24(18-26(19-25)34(38,39)40)30(45)42-11-6-27(20-28(42)16-22-4-2-1-3-5-22)43-14-10-32(47-31(43)46)8-12-41(13-9-32)29(44)23-7-15-48-21-23/h1-5,7,15,17-19,21,27-28H,6,8-14,16,20H2/t27?,28-/m1/s1. The van der Waals surface area contributed by atoms with Gasteiger partial charge < -0.3 is 19.4 Å². The summed E-state index contributed by atoms with van der Waals surface area (Å²) in [6.45, 7) is 1.31. The van der Waals surface area contributed by atoms with Gasteiger partial charge in [0.1, 0.15) is 5.60 Å². The summed E-state index contributed by atoms with van der Waals surface area (Å²) in [6.07, 6.45) is -8.31. The van der Waals surface area contributed by atoms with Crippen LogP contribution >= 0.6 is 11.3 Å². The molecule has 0 radical (unpaired) electrons. The van der Waals surface area contributed by atoms with E-state index in [4.69, 9.17) is 4.74 Å². The van der Waals surface area contributed by atoms with Gasteiger partial charge in [0.15, 0.2) is 0 Å². The molecule has 1 unspecified atom stereocenters. The van der Waals surface area contributed by atoms with Gasteiger partial charge in [0.2, 0.25) is 0 Å². The van der Waals surface area contributed by atoms with Gasteiger partial charge in [-0.2, -0.15) is 37.7 Å². The Balaban J connectivity index is 1.17. The first-order valence-electron chi connectivity index (χ1n) is 15.7. The minimum Gasteiger partial charge on any atom is -0.443 e. The van der Waals surface area contributed by atoms with E-state index in [1.165, 1.54) is 16.2 Å². The van der Waals surface area contributed by atoms with Crippen LogP contribution in [0.25, 0.3) is 0 Å². The second-order valence-electron chi connectivity index (χ2n) is 12.6. The molecular weight excluding hydrogens is 660 g/mol. The molecule has 1 aromatic heterocycles. The topological polar surface area (TPSA) is 70.2 Å². The van der Waals surface area contributed by atoms with Crippen LogP contribution in [0.2, 0.25) is 0 Å². The van der Waals surface area contributed by atoms with Crippen molar-refractivity contribution in [2.24, 2.45) is 0 Å². The van der Waals surface area contributed by atoms with Crippen molar-refractivity contribution >= 4 is 29.2 Å². The summed E-state index contributed by atoms with van der Waals surface area (Å²) >= 11 is 1.45. The lowest BCUT2D eigenvalue weighted by molar-refractivity contribution is -0.143. The highest BCUT2D eigenvalue weighted by molar-refractivity contribution is 7.08. The summed E-state index contributed by atoms with van der Waals surface area (Å²) in [5.74, 6) is -0.990. The molecule has 14 heteroatoms. The maximum absolute atomic E-state index is 13.7. The molecule has 3 fully saturated rings. The molecule has 3 amide bonds. The van der Waals surface area contributed by atoms with Crippen molar-refractivity contribution < 1.29 is 45.5 Å². The Morgan fingerprint density at radius 2 is 1.48 bits per heavy atom. The minimum absolute atomic E-state index is 0.00458. The molecule has 6 rings (SSSR count). The molecule has 3 aromatic rings. The van der Waals surface area contributed by atoms with Gasteiger partial charge in [-0.15, -0.1) is 0 Å². The zero-order chi connectivity index (χ0) is 34.3. The number of alkyl halides is 6. The highest BCUT2D eigenvalue weighted by Gasteiger charge is 2.47. The summed E-state index contributed by atoms with van der Waals surface area (Å²) in [4.78, 5) is 44.7. The molecule has 2 aromatic carbocycles. The number of carbonyl (C=O) groups is 3. The van der Waals surface area contributed by atoms with Crippen LogP contribution in [-0.2, 0) is 23.5 Å². The number of hydrogen-bond donors (Lipinski definition) is 0. The summed E-state index contributed by atoms with van der Waals surface area (Å²) in [5, 5.41) is 3.64. The molecule has 256 valence electrons. The fraction of sp³-hybridized carbons (Fsp3) is 0.441. The lowest BCUT2D eigenvalue weighted by atomic mass is 9.85. The minimum atomic E-state index is -5.09. The lowest BCUT2D eigenvalue weighted by Gasteiger charge is -2.49. The first-order valence-corrected chi connectivity index (χ1v) is 16.6. The number of benzene rings is 2. The van der Waals surface area contributed by atoms with E-state index in [1.54, 1.807) is 39.4 Å². The van der Waals surface area contributed by atoms with E-state index in [9.17, 15) is 40.7 Å². The summed E-state index contributed by atoms with van der Waals surface area (Å²) in [6, 6.07) is 10.8. The van der Waals surface area contributed by atoms with Crippen molar-refractivity contribution in [1.82, 2.24) is 14.7 Å². The average Bonchev–Trinajstić information content (AvgIpc) is 3.59. The molecule has 0 bridgehead atoms. The Kier molecular flexibility index (Phi) is 9.22. The third-order valence-corrected chi connectivity index (χ3v) is 10.3. The molecule has 3 saturated heterocycles. The summed E-state index contributed by atoms with van der Waals surface area (Å²) in [7, 11) is 0. The molecule has 2 atom stereocenters. The smallest absolute Gasteiger partial charge is 0.416 e. The molecule has 3 aliphatic rings.